The summed E-state index contributed by atoms with van der Waals surface area (Å²) in [5.74, 6) is 1.91. The molecule has 0 saturated carbocycles. The lowest BCUT2D eigenvalue weighted by molar-refractivity contribution is 0.0203. The molecule has 4 nitrogen and oxygen atoms in total. The summed E-state index contributed by atoms with van der Waals surface area (Å²) in [6, 6.07) is 8.27. The SMILES string of the molecule is CCOCOc1c2c(c(OCOCC)c3ccccc13)CCCC2. The van der Waals surface area contributed by atoms with Gasteiger partial charge in [0.2, 0.25) is 0 Å². The van der Waals surface area contributed by atoms with Gasteiger partial charge >= 0.3 is 0 Å². The number of hydrogen-bond acceptors (Lipinski definition) is 4. The Morgan fingerprint density at radius 1 is 0.750 bits per heavy atom. The monoisotopic (exact) mass is 330 g/mol. The second-order valence-corrected chi connectivity index (χ2v) is 5.88. The first-order chi connectivity index (χ1) is 11.9. The summed E-state index contributed by atoms with van der Waals surface area (Å²) in [5, 5.41) is 2.17. The molecule has 130 valence electrons. The zero-order valence-corrected chi connectivity index (χ0v) is 14.6. The van der Waals surface area contributed by atoms with Crippen molar-refractivity contribution in [1.82, 2.24) is 0 Å². The standard InChI is InChI=1S/C20H26O4/c1-3-21-13-23-19-15-9-5-7-11-17(15)20(24-14-22-4-2)18-12-8-6-10-16(18)19/h5,7,9,11H,3-4,6,8,10,12-14H2,1-2H3. The third kappa shape index (κ3) is 3.50. The lowest BCUT2D eigenvalue weighted by Crippen LogP contribution is -2.13. The van der Waals surface area contributed by atoms with E-state index >= 15 is 0 Å². The zero-order valence-electron chi connectivity index (χ0n) is 14.6. The second kappa shape index (κ2) is 8.36. The van der Waals surface area contributed by atoms with Gasteiger partial charge in [-0.2, -0.15) is 0 Å². The van der Waals surface area contributed by atoms with Crippen molar-refractivity contribution in [1.29, 1.82) is 0 Å². The minimum Gasteiger partial charge on any atom is -0.467 e. The summed E-state index contributed by atoms with van der Waals surface area (Å²) in [6.45, 7) is 5.81. The molecule has 0 spiro atoms. The third-order valence-corrected chi connectivity index (χ3v) is 4.41. The van der Waals surface area contributed by atoms with Gasteiger partial charge in [0, 0.05) is 35.1 Å². The van der Waals surface area contributed by atoms with Crippen molar-refractivity contribution in [2.24, 2.45) is 0 Å². The van der Waals surface area contributed by atoms with Gasteiger partial charge in [-0.25, -0.2) is 0 Å². The van der Waals surface area contributed by atoms with Crippen LogP contribution in [0.1, 0.15) is 37.8 Å². The van der Waals surface area contributed by atoms with Gasteiger partial charge in [-0.05, 0) is 39.5 Å². The van der Waals surface area contributed by atoms with Crippen LogP contribution in [0.15, 0.2) is 24.3 Å². The minimum atomic E-state index is 0.284. The van der Waals surface area contributed by atoms with Gasteiger partial charge in [0.15, 0.2) is 13.6 Å². The van der Waals surface area contributed by atoms with Crippen LogP contribution in [0, 0.1) is 0 Å². The number of rotatable bonds is 8. The second-order valence-electron chi connectivity index (χ2n) is 5.88. The summed E-state index contributed by atoms with van der Waals surface area (Å²) in [6.07, 6.45) is 4.40. The van der Waals surface area contributed by atoms with Crippen molar-refractivity contribution < 1.29 is 18.9 Å². The molecule has 1 aliphatic carbocycles. The molecule has 2 aromatic carbocycles. The normalized spacial score (nSPS) is 13.8. The van der Waals surface area contributed by atoms with Gasteiger partial charge in [0.05, 0.1) is 0 Å². The van der Waals surface area contributed by atoms with Crippen molar-refractivity contribution in [3.05, 3.63) is 35.4 Å². The van der Waals surface area contributed by atoms with E-state index in [4.69, 9.17) is 18.9 Å². The van der Waals surface area contributed by atoms with Gasteiger partial charge in [0.25, 0.3) is 0 Å². The zero-order chi connectivity index (χ0) is 16.8. The van der Waals surface area contributed by atoms with Crippen molar-refractivity contribution in [2.45, 2.75) is 39.5 Å². The Hall–Kier alpha value is -1.78. The van der Waals surface area contributed by atoms with Gasteiger partial charge in [-0.3, -0.25) is 0 Å². The average molecular weight is 330 g/mol. The largest absolute Gasteiger partial charge is 0.467 e. The quantitative estimate of drug-likeness (QED) is 0.529. The van der Waals surface area contributed by atoms with Gasteiger partial charge in [0.1, 0.15) is 11.5 Å². The molecule has 0 atom stereocenters. The Morgan fingerprint density at radius 2 is 1.21 bits per heavy atom. The fourth-order valence-electron chi connectivity index (χ4n) is 3.31. The molecular formula is C20H26O4. The van der Waals surface area contributed by atoms with Crippen LogP contribution in [0.5, 0.6) is 11.5 Å². The average Bonchev–Trinajstić information content (AvgIpc) is 2.63. The van der Waals surface area contributed by atoms with E-state index in [1.807, 2.05) is 26.0 Å². The van der Waals surface area contributed by atoms with E-state index in [2.05, 4.69) is 12.1 Å². The maximum absolute atomic E-state index is 6.03. The van der Waals surface area contributed by atoms with Crippen LogP contribution < -0.4 is 9.47 Å². The van der Waals surface area contributed by atoms with E-state index in [1.54, 1.807) is 0 Å². The molecule has 0 fully saturated rings. The van der Waals surface area contributed by atoms with Crippen LogP contribution >= 0.6 is 0 Å². The smallest absolute Gasteiger partial charge is 0.189 e. The molecule has 0 radical (unpaired) electrons. The molecule has 0 aliphatic heterocycles. The predicted molar refractivity (Wildman–Crippen MR) is 94.8 cm³/mol. The predicted octanol–water partition coefficient (Wildman–Crippen LogP) is 4.46. The van der Waals surface area contributed by atoms with E-state index < -0.39 is 0 Å². The fraction of sp³-hybridized carbons (Fsp3) is 0.500. The van der Waals surface area contributed by atoms with E-state index in [-0.39, 0.29) is 13.6 Å². The fourth-order valence-corrected chi connectivity index (χ4v) is 3.31. The highest BCUT2D eigenvalue weighted by molar-refractivity contribution is 5.96. The Balaban J connectivity index is 2.08. The number of benzene rings is 2. The molecule has 3 rings (SSSR count). The summed E-state index contributed by atoms with van der Waals surface area (Å²) >= 11 is 0. The molecule has 0 heterocycles. The highest BCUT2D eigenvalue weighted by atomic mass is 16.7. The van der Waals surface area contributed by atoms with Crippen molar-refractivity contribution in [2.75, 3.05) is 26.8 Å². The maximum Gasteiger partial charge on any atom is 0.189 e. The maximum atomic E-state index is 6.03. The Labute approximate surface area is 143 Å². The van der Waals surface area contributed by atoms with Crippen molar-refractivity contribution >= 4 is 10.8 Å². The van der Waals surface area contributed by atoms with Gasteiger partial charge in [-0.1, -0.05) is 24.3 Å². The summed E-state index contributed by atoms with van der Waals surface area (Å²) < 4.78 is 22.9. The molecule has 0 bridgehead atoms. The van der Waals surface area contributed by atoms with Crippen molar-refractivity contribution in [3.8, 4) is 11.5 Å². The van der Waals surface area contributed by atoms with Crippen molar-refractivity contribution in [3.63, 3.8) is 0 Å². The van der Waals surface area contributed by atoms with E-state index in [0.717, 1.165) is 35.1 Å². The molecule has 1 aliphatic rings. The van der Waals surface area contributed by atoms with Crippen LogP contribution in [-0.2, 0) is 22.3 Å². The lowest BCUT2D eigenvalue weighted by atomic mass is 9.87. The van der Waals surface area contributed by atoms with Crippen LogP contribution in [0.25, 0.3) is 10.8 Å². The minimum absolute atomic E-state index is 0.284. The Kier molecular flexibility index (Phi) is 5.94. The molecule has 2 aromatic rings. The number of fused-ring (bicyclic) bond motifs is 2. The van der Waals surface area contributed by atoms with E-state index in [0.29, 0.717) is 13.2 Å². The molecule has 0 saturated heterocycles. The topological polar surface area (TPSA) is 36.9 Å². The van der Waals surface area contributed by atoms with Crippen LogP contribution in [0.3, 0.4) is 0 Å². The highest BCUT2D eigenvalue weighted by Crippen LogP contribution is 2.44. The molecule has 4 heteroatoms. The van der Waals surface area contributed by atoms with Crippen LogP contribution in [-0.4, -0.2) is 26.8 Å². The highest BCUT2D eigenvalue weighted by Gasteiger charge is 2.23. The summed E-state index contributed by atoms with van der Waals surface area (Å²) in [7, 11) is 0. The molecule has 0 amide bonds. The third-order valence-electron chi connectivity index (χ3n) is 4.41. The van der Waals surface area contributed by atoms with Gasteiger partial charge in [-0.15, -0.1) is 0 Å². The first kappa shape index (κ1) is 17.1. The molecule has 0 unspecified atom stereocenters. The van der Waals surface area contributed by atoms with Crippen LogP contribution in [0.2, 0.25) is 0 Å². The Morgan fingerprint density at radius 3 is 1.62 bits per heavy atom. The van der Waals surface area contributed by atoms with Gasteiger partial charge < -0.3 is 18.9 Å². The first-order valence-corrected chi connectivity index (χ1v) is 8.84. The molecule has 24 heavy (non-hydrogen) atoms. The first-order valence-electron chi connectivity index (χ1n) is 8.84. The summed E-state index contributed by atoms with van der Waals surface area (Å²) in [5.41, 5.74) is 2.54. The van der Waals surface area contributed by atoms with E-state index in [1.165, 1.54) is 24.0 Å². The molecular weight excluding hydrogens is 304 g/mol. The van der Waals surface area contributed by atoms with E-state index in [9.17, 15) is 0 Å². The lowest BCUT2D eigenvalue weighted by Gasteiger charge is -2.25. The molecule has 0 aromatic heterocycles. The number of hydrogen-bond donors (Lipinski definition) is 0. The Bertz CT molecular complexity index is 622. The molecule has 0 N–H and O–H groups in total. The summed E-state index contributed by atoms with van der Waals surface area (Å²) in [4.78, 5) is 0. The van der Waals surface area contributed by atoms with Crippen LogP contribution in [0.4, 0.5) is 0 Å². The number of ether oxygens (including phenoxy) is 4.